The maximum absolute atomic E-state index is 11.3. The Morgan fingerprint density at radius 1 is 1.56 bits per heavy atom. The molecule has 2 aromatic rings. The first-order valence-corrected chi connectivity index (χ1v) is 4.99. The Morgan fingerprint density at radius 2 is 2.31 bits per heavy atom. The molecule has 0 fully saturated rings. The predicted molar refractivity (Wildman–Crippen MR) is 64.3 cm³/mol. The molecule has 82 valence electrons. The molecule has 0 aliphatic rings. The van der Waals surface area contributed by atoms with Gasteiger partial charge in [-0.25, -0.2) is 0 Å². The molecule has 0 aliphatic carbocycles. The molecule has 0 radical (unpaired) electrons. The van der Waals surface area contributed by atoms with Crippen molar-refractivity contribution in [1.29, 1.82) is 0 Å². The van der Waals surface area contributed by atoms with Gasteiger partial charge in [-0.05, 0) is 19.1 Å². The van der Waals surface area contributed by atoms with Crippen LogP contribution in [-0.4, -0.2) is 15.7 Å². The van der Waals surface area contributed by atoms with Crippen LogP contribution in [0.15, 0.2) is 30.9 Å². The number of carbonyl (C=O) groups excluding carboxylic acids is 1. The zero-order valence-corrected chi connectivity index (χ0v) is 9.32. The number of amides is 1. The molecular weight excluding hydrogens is 202 g/mol. The van der Waals surface area contributed by atoms with Gasteiger partial charge in [0.2, 0.25) is 5.91 Å². The summed E-state index contributed by atoms with van der Waals surface area (Å²) in [5.41, 5.74) is 2.63. The highest BCUT2D eigenvalue weighted by Gasteiger charge is 2.09. The van der Waals surface area contributed by atoms with Gasteiger partial charge >= 0.3 is 0 Å². The molecule has 4 nitrogen and oxygen atoms in total. The summed E-state index contributed by atoms with van der Waals surface area (Å²) in [4.78, 5) is 11.3. The topological polar surface area (TPSA) is 46.9 Å². The molecule has 1 amide bonds. The number of aryl methyl sites for hydroxylation is 2. The molecule has 1 aromatic carbocycles. The van der Waals surface area contributed by atoms with E-state index in [0.29, 0.717) is 0 Å². The number of nitrogens with one attached hydrogen (secondary N) is 1. The lowest BCUT2D eigenvalue weighted by molar-refractivity contribution is -0.111. The van der Waals surface area contributed by atoms with Crippen LogP contribution < -0.4 is 5.32 Å². The predicted octanol–water partition coefficient (Wildman–Crippen LogP) is 2.01. The van der Waals surface area contributed by atoms with Gasteiger partial charge in [0, 0.05) is 12.4 Å². The number of anilines is 1. The number of nitrogens with zero attached hydrogens (tertiary/aromatic N) is 2. The van der Waals surface area contributed by atoms with Crippen LogP contribution in [0.3, 0.4) is 0 Å². The molecule has 16 heavy (non-hydrogen) atoms. The minimum atomic E-state index is -0.216. The number of rotatable bonds is 2. The Balaban J connectivity index is 2.61. The van der Waals surface area contributed by atoms with E-state index in [9.17, 15) is 4.79 Å². The average molecular weight is 215 g/mol. The van der Waals surface area contributed by atoms with Gasteiger partial charge in [-0.15, -0.1) is 0 Å². The summed E-state index contributed by atoms with van der Waals surface area (Å²) < 4.78 is 1.77. The van der Waals surface area contributed by atoms with Gasteiger partial charge in [0.05, 0.1) is 16.9 Å². The fourth-order valence-corrected chi connectivity index (χ4v) is 1.80. The van der Waals surface area contributed by atoms with Crippen molar-refractivity contribution in [2.24, 2.45) is 7.05 Å². The Hall–Kier alpha value is -2.10. The maximum atomic E-state index is 11.3. The van der Waals surface area contributed by atoms with Crippen molar-refractivity contribution in [3.05, 3.63) is 36.5 Å². The molecule has 1 heterocycles. The van der Waals surface area contributed by atoms with Crippen molar-refractivity contribution in [2.75, 3.05) is 5.32 Å². The minimum Gasteiger partial charge on any atom is -0.321 e. The maximum Gasteiger partial charge on any atom is 0.247 e. The van der Waals surface area contributed by atoms with Crippen molar-refractivity contribution in [1.82, 2.24) is 9.78 Å². The first-order valence-electron chi connectivity index (χ1n) is 4.99. The summed E-state index contributed by atoms with van der Waals surface area (Å²) in [6.45, 7) is 5.38. The molecule has 0 atom stereocenters. The van der Waals surface area contributed by atoms with Gasteiger partial charge < -0.3 is 5.32 Å². The summed E-state index contributed by atoms with van der Waals surface area (Å²) in [6, 6.07) is 5.74. The minimum absolute atomic E-state index is 0.216. The number of para-hydroxylation sites is 1. The van der Waals surface area contributed by atoms with Gasteiger partial charge in [-0.3, -0.25) is 9.48 Å². The normalized spacial score (nSPS) is 10.4. The summed E-state index contributed by atoms with van der Waals surface area (Å²) in [7, 11) is 1.86. The Morgan fingerprint density at radius 3 is 3.00 bits per heavy atom. The van der Waals surface area contributed by atoms with Crippen LogP contribution in [0.5, 0.6) is 0 Å². The van der Waals surface area contributed by atoms with Gasteiger partial charge in [0.25, 0.3) is 0 Å². The van der Waals surface area contributed by atoms with E-state index < -0.39 is 0 Å². The van der Waals surface area contributed by atoms with Crippen molar-refractivity contribution < 1.29 is 4.79 Å². The van der Waals surface area contributed by atoms with E-state index >= 15 is 0 Å². The zero-order chi connectivity index (χ0) is 11.7. The number of fused-ring (bicyclic) bond motifs is 1. The first-order chi connectivity index (χ1) is 7.63. The zero-order valence-electron chi connectivity index (χ0n) is 9.32. The Kier molecular flexibility index (Phi) is 2.48. The smallest absolute Gasteiger partial charge is 0.247 e. The highest BCUT2D eigenvalue weighted by atomic mass is 16.1. The summed E-state index contributed by atoms with van der Waals surface area (Å²) in [5, 5.41) is 8.14. The molecule has 0 saturated carbocycles. The largest absolute Gasteiger partial charge is 0.321 e. The summed E-state index contributed by atoms with van der Waals surface area (Å²) in [5.74, 6) is -0.216. The highest BCUT2D eigenvalue weighted by molar-refractivity contribution is 6.05. The first kappa shape index (κ1) is 10.4. The van der Waals surface area contributed by atoms with Crippen LogP contribution >= 0.6 is 0 Å². The number of hydrogen-bond donors (Lipinski definition) is 1. The molecule has 0 bridgehead atoms. The van der Waals surface area contributed by atoms with E-state index in [1.54, 1.807) is 4.68 Å². The Bertz CT molecular complexity index is 569. The van der Waals surface area contributed by atoms with Crippen LogP contribution in [0, 0.1) is 6.92 Å². The molecular formula is C12H13N3O. The van der Waals surface area contributed by atoms with E-state index in [4.69, 9.17) is 0 Å². The second kappa shape index (κ2) is 3.81. The van der Waals surface area contributed by atoms with E-state index in [2.05, 4.69) is 17.0 Å². The van der Waals surface area contributed by atoms with Crippen molar-refractivity contribution in [3.63, 3.8) is 0 Å². The molecule has 1 aromatic heterocycles. The van der Waals surface area contributed by atoms with Crippen LogP contribution in [0.2, 0.25) is 0 Å². The molecule has 0 aliphatic heterocycles. The van der Waals surface area contributed by atoms with Gasteiger partial charge in [0.1, 0.15) is 0 Å². The van der Waals surface area contributed by atoms with Crippen molar-refractivity contribution in [3.8, 4) is 0 Å². The fraction of sp³-hybridized carbons (Fsp3) is 0.167. The van der Waals surface area contributed by atoms with Crippen LogP contribution in [0.4, 0.5) is 5.69 Å². The van der Waals surface area contributed by atoms with Crippen molar-refractivity contribution >= 4 is 22.5 Å². The van der Waals surface area contributed by atoms with E-state index in [1.165, 1.54) is 6.08 Å². The van der Waals surface area contributed by atoms with E-state index in [-0.39, 0.29) is 5.91 Å². The number of benzene rings is 1. The van der Waals surface area contributed by atoms with Gasteiger partial charge in [-0.1, -0.05) is 18.7 Å². The van der Waals surface area contributed by atoms with Crippen LogP contribution in [0.1, 0.15) is 5.69 Å². The molecule has 1 N–H and O–H groups in total. The SMILES string of the molecule is C=CC(=O)Nc1cccc2c(C)nn(C)c12. The summed E-state index contributed by atoms with van der Waals surface area (Å²) >= 11 is 0. The number of hydrogen-bond acceptors (Lipinski definition) is 2. The van der Waals surface area contributed by atoms with Crippen LogP contribution in [0.25, 0.3) is 10.9 Å². The van der Waals surface area contributed by atoms with Crippen molar-refractivity contribution in [2.45, 2.75) is 6.92 Å². The van der Waals surface area contributed by atoms with Crippen LogP contribution in [-0.2, 0) is 11.8 Å². The lowest BCUT2D eigenvalue weighted by Gasteiger charge is -2.05. The fourth-order valence-electron chi connectivity index (χ4n) is 1.80. The molecule has 0 saturated heterocycles. The molecule has 0 unspecified atom stereocenters. The van der Waals surface area contributed by atoms with Gasteiger partial charge in [-0.2, -0.15) is 5.10 Å². The van der Waals surface area contributed by atoms with E-state index in [0.717, 1.165) is 22.3 Å². The molecule has 4 heteroatoms. The molecule has 2 rings (SSSR count). The quantitative estimate of drug-likeness (QED) is 0.779. The third kappa shape index (κ3) is 1.58. The second-order valence-corrected chi connectivity index (χ2v) is 3.60. The Labute approximate surface area is 93.6 Å². The number of carbonyl (C=O) groups is 1. The number of aromatic nitrogens is 2. The summed E-state index contributed by atoms with van der Waals surface area (Å²) in [6.07, 6.45) is 1.25. The van der Waals surface area contributed by atoms with Gasteiger partial charge in [0.15, 0.2) is 0 Å². The highest BCUT2D eigenvalue weighted by Crippen LogP contribution is 2.25. The van der Waals surface area contributed by atoms with E-state index in [1.807, 2.05) is 32.2 Å². The lowest BCUT2D eigenvalue weighted by Crippen LogP contribution is -2.08. The standard InChI is InChI=1S/C12H13N3O/c1-4-11(16)13-10-7-5-6-9-8(2)14-15(3)12(9)10/h4-7H,1H2,2-3H3,(H,13,16). The third-order valence-corrected chi connectivity index (χ3v) is 2.49. The lowest BCUT2D eigenvalue weighted by atomic mass is 10.2. The average Bonchev–Trinajstić information content (AvgIpc) is 2.56. The monoisotopic (exact) mass is 215 g/mol. The second-order valence-electron chi connectivity index (χ2n) is 3.60. The molecule has 0 spiro atoms. The third-order valence-electron chi connectivity index (χ3n) is 2.49.